The fourth-order valence-corrected chi connectivity index (χ4v) is 1.87. The van der Waals surface area contributed by atoms with E-state index in [-0.39, 0.29) is 5.82 Å². The standard InChI is InChI=1S/C13H19ClFN/c1-3-6-16-9-10(2)7-11-8-12(15)4-5-13(11)14/h4-5,8,10,16H,3,6-7,9H2,1-2H3. The first-order chi connectivity index (χ1) is 7.63. The molecule has 16 heavy (non-hydrogen) atoms. The van der Waals surface area contributed by atoms with E-state index in [1.807, 2.05) is 0 Å². The Labute approximate surface area is 102 Å². The molecule has 0 saturated carbocycles. The quantitative estimate of drug-likeness (QED) is 0.752. The van der Waals surface area contributed by atoms with Gasteiger partial charge in [-0.25, -0.2) is 4.39 Å². The summed E-state index contributed by atoms with van der Waals surface area (Å²) in [5, 5.41) is 4.01. The van der Waals surface area contributed by atoms with Gasteiger partial charge < -0.3 is 5.32 Å². The average molecular weight is 244 g/mol. The number of rotatable bonds is 6. The van der Waals surface area contributed by atoms with Gasteiger partial charge in [0.1, 0.15) is 5.82 Å². The third-order valence-corrected chi connectivity index (χ3v) is 2.86. The van der Waals surface area contributed by atoms with E-state index in [0.29, 0.717) is 10.9 Å². The number of halogens is 2. The molecule has 0 aromatic heterocycles. The Bertz CT molecular complexity index is 328. The van der Waals surface area contributed by atoms with Crippen LogP contribution in [0.4, 0.5) is 4.39 Å². The summed E-state index contributed by atoms with van der Waals surface area (Å²) in [5.41, 5.74) is 0.896. The fourth-order valence-electron chi connectivity index (χ4n) is 1.67. The molecular formula is C13H19ClFN. The normalized spacial score (nSPS) is 12.8. The van der Waals surface area contributed by atoms with Crippen LogP contribution in [-0.2, 0) is 6.42 Å². The Balaban J connectivity index is 2.48. The minimum Gasteiger partial charge on any atom is -0.316 e. The Morgan fingerprint density at radius 1 is 1.44 bits per heavy atom. The van der Waals surface area contributed by atoms with E-state index in [9.17, 15) is 4.39 Å². The SMILES string of the molecule is CCCNCC(C)Cc1cc(F)ccc1Cl. The van der Waals surface area contributed by atoms with Gasteiger partial charge in [0.2, 0.25) is 0 Å². The van der Waals surface area contributed by atoms with Crippen LogP contribution in [0.15, 0.2) is 18.2 Å². The van der Waals surface area contributed by atoms with E-state index >= 15 is 0 Å². The highest BCUT2D eigenvalue weighted by molar-refractivity contribution is 6.31. The number of nitrogens with one attached hydrogen (secondary N) is 1. The van der Waals surface area contributed by atoms with Crippen LogP contribution in [0.5, 0.6) is 0 Å². The van der Waals surface area contributed by atoms with Crippen molar-refractivity contribution in [2.45, 2.75) is 26.7 Å². The third kappa shape index (κ3) is 4.50. The smallest absolute Gasteiger partial charge is 0.123 e. The molecule has 1 unspecified atom stereocenters. The van der Waals surface area contributed by atoms with Crippen LogP contribution in [0.25, 0.3) is 0 Å². The van der Waals surface area contributed by atoms with Crippen molar-refractivity contribution in [1.29, 1.82) is 0 Å². The van der Waals surface area contributed by atoms with E-state index in [4.69, 9.17) is 11.6 Å². The Kier molecular flexibility index (Phi) is 5.78. The summed E-state index contributed by atoms with van der Waals surface area (Å²) in [6.45, 7) is 6.26. The number of hydrogen-bond acceptors (Lipinski definition) is 1. The molecule has 0 aliphatic heterocycles. The predicted octanol–water partition coefficient (Wildman–Crippen LogP) is 3.66. The van der Waals surface area contributed by atoms with Crippen LogP contribution in [-0.4, -0.2) is 13.1 Å². The Morgan fingerprint density at radius 2 is 2.19 bits per heavy atom. The monoisotopic (exact) mass is 243 g/mol. The van der Waals surface area contributed by atoms with Crippen LogP contribution < -0.4 is 5.32 Å². The molecule has 0 bridgehead atoms. The maximum atomic E-state index is 13.0. The van der Waals surface area contributed by atoms with Crippen LogP contribution in [0.2, 0.25) is 5.02 Å². The minimum atomic E-state index is -0.215. The predicted molar refractivity (Wildman–Crippen MR) is 67.4 cm³/mol. The van der Waals surface area contributed by atoms with Gasteiger partial charge >= 0.3 is 0 Å². The molecule has 0 amide bonds. The van der Waals surface area contributed by atoms with Crippen molar-refractivity contribution in [2.75, 3.05) is 13.1 Å². The fraction of sp³-hybridized carbons (Fsp3) is 0.538. The first-order valence-electron chi connectivity index (χ1n) is 5.78. The topological polar surface area (TPSA) is 12.0 Å². The van der Waals surface area contributed by atoms with Crippen molar-refractivity contribution in [3.05, 3.63) is 34.6 Å². The molecule has 0 saturated heterocycles. The lowest BCUT2D eigenvalue weighted by Crippen LogP contribution is -2.23. The zero-order chi connectivity index (χ0) is 12.0. The molecule has 0 radical (unpaired) electrons. The summed E-state index contributed by atoms with van der Waals surface area (Å²) < 4.78 is 13.0. The molecule has 1 rings (SSSR count). The summed E-state index contributed by atoms with van der Waals surface area (Å²) in [6.07, 6.45) is 1.95. The molecule has 1 aromatic rings. The lowest BCUT2D eigenvalue weighted by Gasteiger charge is -2.13. The van der Waals surface area contributed by atoms with Crippen molar-refractivity contribution in [3.63, 3.8) is 0 Å². The van der Waals surface area contributed by atoms with Gasteiger partial charge in [0.05, 0.1) is 0 Å². The van der Waals surface area contributed by atoms with Crippen molar-refractivity contribution in [2.24, 2.45) is 5.92 Å². The molecule has 1 aromatic carbocycles. The van der Waals surface area contributed by atoms with Gasteiger partial charge in [-0.1, -0.05) is 25.4 Å². The summed E-state index contributed by atoms with van der Waals surface area (Å²) in [7, 11) is 0. The zero-order valence-electron chi connectivity index (χ0n) is 9.89. The molecule has 0 aliphatic carbocycles. The number of benzene rings is 1. The molecule has 0 aliphatic rings. The van der Waals surface area contributed by atoms with Crippen molar-refractivity contribution < 1.29 is 4.39 Å². The van der Waals surface area contributed by atoms with Crippen molar-refractivity contribution in [3.8, 4) is 0 Å². The highest BCUT2D eigenvalue weighted by Crippen LogP contribution is 2.20. The second kappa shape index (κ2) is 6.87. The van der Waals surface area contributed by atoms with Gasteiger partial charge in [-0.3, -0.25) is 0 Å². The van der Waals surface area contributed by atoms with Gasteiger partial charge in [-0.15, -0.1) is 0 Å². The van der Waals surface area contributed by atoms with E-state index in [0.717, 1.165) is 31.5 Å². The van der Waals surface area contributed by atoms with Crippen molar-refractivity contribution >= 4 is 11.6 Å². The lowest BCUT2D eigenvalue weighted by atomic mass is 10.0. The van der Waals surface area contributed by atoms with E-state index in [2.05, 4.69) is 19.2 Å². The number of hydrogen-bond donors (Lipinski definition) is 1. The van der Waals surface area contributed by atoms with Crippen LogP contribution in [0.3, 0.4) is 0 Å². The third-order valence-electron chi connectivity index (χ3n) is 2.50. The van der Waals surface area contributed by atoms with Gasteiger partial charge in [0.25, 0.3) is 0 Å². The van der Waals surface area contributed by atoms with Gasteiger partial charge in [0, 0.05) is 5.02 Å². The van der Waals surface area contributed by atoms with Crippen LogP contribution >= 0.6 is 11.6 Å². The summed E-state index contributed by atoms with van der Waals surface area (Å²) in [6, 6.07) is 4.54. The summed E-state index contributed by atoms with van der Waals surface area (Å²) >= 11 is 6.01. The summed E-state index contributed by atoms with van der Waals surface area (Å²) in [4.78, 5) is 0. The molecule has 0 fully saturated rings. The molecule has 1 nitrogen and oxygen atoms in total. The van der Waals surface area contributed by atoms with Gasteiger partial charge in [-0.05, 0) is 55.6 Å². The van der Waals surface area contributed by atoms with E-state index in [1.54, 1.807) is 6.07 Å². The van der Waals surface area contributed by atoms with Crippen molar-refractivity contribution in [1.82, 2.24) is 5.32 Å². The molecule has 0 heterocycles. The minimum absolute atomic E-state index is 0.215. The molecule has 90 valence electrons. The highest BCUT2D eigenvalue weighted by Gasteiger charge is 2.07. The maximum absolute atomic E-state index is 13.0. The largest absolute Gasteiger partial charge is 0.316 e. The van der Waals surface area contributed by atoms with Gasteiger partial charge in [-0.2, -0.15) is 0 Å². The lowest BCUT2D eigenvalue weighted by molar-refractivity contribution is 0.509. The second-order valence-electron chi connectivity index (χ2n) is 4.25. The first-order valence-corrected chi connectivity index (χ1v) is 6.16. The molecule has 1 atom stereocenters. The van der Waals surface area contributed by atoms with E-state index in [1.165, 1.54) is 12.1 Å². The summed E-state index contributed by atoms with van der Waals surface area (Å²) in [5.74, 6) is 0.249. The Hall–Kier alpha value is -0.600. The first kappa shape index (κ1) is 13.5. The molecule has 3 heteroatoms. The van der Waals surface area contributed by atoms with E-state index < -0.39 is 0 Å². The van der Waals surface area contributed by atoms with Gasteiger partial charge in [0.15, 0.2) is 0 Å². The van der Waals surface area contributed by atoms with Crippen LogP contribution in [0, 0.1) is 11.7 Å². The molecule has 0 spiro atoms. The molecular weight excluding hydrogens is 225 g/mol. The maximum Gasteiger partial charge on any atom is 0.123 e. The highest BCUT2D eigenvalue weighted by atomic mass is 35.5. The van der Waals surface area contributed by atoms with Crippen LogP contribution in [0.1, 0.15) is 25.8 Å². The zero-order valence-corrected chi connectivity index (χ0v) is 10.6. The molecule has 1 N–H and O–H groups in total. The Morgan fingerprint density at radius 3 is 2.88 bits per heavy atom. The second-order valence-corrected chi connectivity index (χ2v) is 4.66. The average Bonchev–Trinajstić information content (AvgIpc) is 2.24.